The zero-order chi connectivity index (χ0) is 19.5. The van der Waals surface area contributed by atoms with Gasteiger partial charge in [-0.3, -0.25) is 4.68 Å². The lowest BCUT2D eigenvalue weighted by Gasteiger charge is -2.09. The lowest BCUT2D eigenvalue weighted by Crippen LogP contribution is -2.06. The van der Waals surface area contributed by atoms with Crippen LogP contribution in [0.25, 0.3) is 27.8 Å². The van der Waals surface area contributed by atoms with E-state index in [-0.39, 0.29) is 0 Å². The molecule has 0 spiro atoms. The van der Waals surface area contributed by atoms with E-state index in [1.165, 1.54) is 5.39 Å². The Morgan fingerprint density at radius 2 is 1.93 bits per heavy atom. The van der Waals surface area contributed by atoms with Crippen LogP contribution in [0.5, 0.6) is 0 Å². The van der Waals surface area contributed by atoms with Crippen molar-refractivity contribution in [1.29, 1.82) is 0 Å². The molecule has 4 aromatic rings. The Kier molecular flexibility index (Phi) is 6.03. The van der Waals surface area contributed by atoms with Gasteiger partial charge in [0.1, 0.15) is 0 Å². The molecule has 4 rings (SSSR count). The molecule has 0 bridgehead atoms. The molecular weight excluding hydrogens is 483 g/mol. The standard InChI is InChI=1S/C21H21IN4OS/c1-27-13-12-25-21-14-15(2-7-18(21)19(24-25)8-10-22)20-9-11-23-26(20)16-3-5-17(28)6-4-16/h2-7,9,11,14,28H,8,10,12-13H2,1H3. The third-order valence-corrected chi connectivity index (χ3v) is 5.54. The van der Waals surface area contributed by atoms with Crippen molar-refractivity contribution in [2.45, 2.75) is 17.9 Å². The van der Waals surface area contributed by atoms with Gasteiger partial charge in [-0.2, -0.15) is 10.2 Å². The van der Waals surface area contributed by atoms with E-state index in [4.69, 9.17) is 9.84 Å². The molecular formula is C21H21IN4OS. The topological polar surface area (TPSA) is 44.9 Å². The number of thiol groups is 1. The van der Waals surface area contributed by atoms with Crippen molar-refractivity contribution in [3.63, 3.8) is 0 Å². The number of rotatable bonds is 7. The summed E-state index contributed by atoms with van der Waals surface area (Å²) >= 11 is 6.77. The van der Waals surface area contributed by atoms with Crippen LogP contribution in [0.4, 0.5) is 0 Å². The summed E-state index contributed by atoms with van der Waals surface area (Å²) < 4.78 is 10.3. The van der Waals surface area contributed by atoms with Crippen LogP contribution in [0.1, 0.15) is 5.69 Å². The molecule has 2 aromatic carbocycles. The molecule has 0 saturated heterocycles. The molecule has 0 unspecified atom stereocenters. The molecule has 0 fully saturated rings. The van der Waals surface area contributed by atoms with E-state index in [1.807, 2.05) is 41.2 Å². The summed E-state index contributed by atoms with van der Waals surface area (Å²) in [4.78, 5) is 0.934. The number of ether oxygens (including phenoxy) is 1. The molecule has 0 radical (unpaired) electrons. The van der Waals surface area contributed by atoms with Crippen LogP contribution in [0.15, 0.2) is 59.6 Å². The minimum absolute atomic E-state index is 0.638. The number of fused-ring (bicyclic) bond motifs is 1. The van der Waals surface area contributed by atoms with Gasteiger partial charge in [-0.1, -0.05) is 34.7 Å². The molecule has 7 heteroatoms. The van der Waals surface area contributed by atoms with Crippen molar-refractivity contribution < 1.29 is 4.74 Å². The Bertz CT molecular complexity index is 1090. The highest BCUT2D eigenvalue weighted by atomic mass is 127. The summed E-state index contributed by atoms with van der Waals surface area (Å²) in [5.74, 6) is 0. The summed E-state index contributed by atoms with van der Waals surface area (Å²) in [5, 5.41) is 10.6. The van der Waals surface area contributed by atoms with Gasteiger partial charge in [0.25, 0.3) is 0 Å². The zero-order valence-electron chi connectivity index (χ0n) is 15.5. The first-order valence-corrected chi connectivity index (χ1v) is 11.1. The first-order chi connectivity index (χ1) is 13.7. The van der Waals surface area contributed by atoms with E-state index < -0.39 is 0 Å². The van der Waals surface area contributed by atoms with Crippen molar-refractivity contribution in [2.75, 3.05) is 18.1 Å². The smallest absolute Gasteiger partial charge is 0.0741 e. The molecule has 5 nitrogen and oxygen atoms in total. The van der Waals surface area contributed by atoms with Crippen LogP contribution in [0, 0.1) is 0 Å². The van der Waals surface area contributed by atoms with Gasteiger partial charge in [-0.25, -0.2) is 4.68 Å². The van der Waals surface area contributed by atoms with E-state index in [9.17, 15) is 0 Å². The van der Waals surface area contributed by atoms with E-state index >= 15 is 0 Å². The Morgan fingerprint density at radius 1 is 1.11 bits per heavy atom. The average molecular weight is 504 g/mol. The molecule has 0 atom stereocenters. The largest absolute Gasteiger partial charge is 0.383 e. The van der Waals surface area contributed by atoms with Crippen LogP contribution < -0.4 is 0 Å². The fourth-order valence-electron chi connectivity index (χ4n) is 3.35. The Morgan fingerprint density at radius 3 is 2.68 bits per heavy atom. The van der Waals surface area contributed by atoms with Gasteiger partial charge < -0.3 is 4.74 Å². The van der Waals surface area contributed by atoms with Gasteiger partial charge in [0.2, 0.25) is 0 Å². The number of methoxy groups -OCH3 is 1. The summed E-state index contributed by atoms with van der Waals surface area (Å²) in [5.41, 5.74) is 5.44. The molecule has 144 valence electrons. The average Bonchev–Trinajstić information content (AvgIpc) is 3.32. The van der Waals surface area contributed by atoms with E-state index in [0.717, 1.165) is 50.4 Å². The third kappa shape index (κ3) is 3.83. The van der Waals surface area contributed by atoms with Gasteiger partial charge in [0.15, 0.2) is 0 Å². The van der Waals surface area contributed by atoms with Gasteiger partial charge in [0, 0.05) is 33.8 Å². The molecule has 0 N–H and O–H groups in total. The van der Waals surface area contributed by atoms with Crippen LogP contribution in [0.3, 0.4) is 0 Å². The van der Waals surface area contributed by atoms with E-state index in [2.05, 4.69) is 63.2 Å². The number of hydrogen-bond donors (Lipinski definition) is 1. The molecule has 0 aliphatic heterocycles. The van der Waals surface area contributed by atoms with Gasteiger partial charge in [-0.05, 0) is 36.4 Å². The van der Waals surface area contributed by atoms with Crippen LogP contribution in [0.2, 0.25) is 0 Å². The van der Waals surface area contributed by atoms with Crippen molar-refractivity contribution in [3.8, 4) is 16.9 Å². The van der Waals surface area contributed by atoms with Crippen molar-refractivity contribution in [3.05, 3.63) is 60.4 Å². The normalized spacial score (nSPS) is 11.4. The molecule has 0 aliphatic carbocycles. The zero-order valence-corrected chi connectivity index (χ0v) is 18.6. The summed E-state index contributed by atoms with van der Waals surface area (Å²) in [6, 6.07) is 16.6. The molecule has 2 aromatic heterocycles. The van der Waals surface area contributed by atoms with Crippen LogP contribution in [-0.2, 0) is 17.7 Å². The Balaban J connectivity index is 1.80. The highest BCUT2D eigenvalue weighted by Gasteiger charge is 2.14. The first-order valence-electron chi connectivity index (χ1n) is 9.09. The van der Waals surface area contributed by atoms with E-state index in [0.29, 0.717) is 6.61 Å². The summed E-state index contributed by atoms with van der Waals surface area (Å²) in [7, 11) is 1.72. The van der Waals surface area contributed by atoms with Crippen molar-refractivity contribution >= 4 is 46.1 Å². The predicted molar refractivity (Wildman–Crippen MR) is 124 cm³/mol. The molecule has 0 aliphatic rings. The quantitative estimate of drug-likeness (QED) is 0.224. The first kappa shape index (κ1) is 19.5. The second kappa shape index (κ2) is 8.67. The lowest BCUT2D eigenvalue weighted by molar-refractivity contribution is 0.184. The maximum absolute atomic E-state index is 5.27. The van der Waals surface area contributed by atoms with Crippen molar-refractivity contribution in [2.24, 2.45) is 0 Å². The second-order valence-electron chi connectivity index (χ2n) is 6.48. The summed E-state index contributed by atoms with van der Waals surface area (Å²) in [6.45, 7) is 1.37. The highest BCUT2D eigenvalue weighted by molar-refractivity contribution is 14.1. The van der Waals surface area contributed by atoms with Gasteiger partial charge in [-0.15, -0.1) is 12.6 Å². The fourth-order valence-corrected chi connectivity index (χ4v) is 4.01. The number of halogens is 1. The monoisotopic (exact) mass is 504 g/mol. The number of nitrogens with zero attached hydrogens (tertiary/aromatic N) is 4. The Hall–Kier alpha value is -1.84. The number of aryl methyl sites for hydroxylation is 1. The van der Waals surface area contributed by atoms with Crippen LogP contribution in [-0.4, -0.2) is 37.7 Å². The van der Waals surface area contributed by atoms with Gasteiger partial charge in [0.05, 0.1) is 41.9 Å². The second-order valence-corrected chi connectivity index (χ2v) is 8.07. The minimum Gasteiger partial charge on any atom is -0.383 e. The minimum atomic E-state index is 0.638. The molecule has 28 heavy (non-hydrogen) atoms. The maximum Gasteiger partial charge on any atom is 0.0741 e. The SMILES string of the molecule is COCCn1nc(CCI)c2ccc(-c3ccnn3-c3ccc(S)cc3)cc21. The number of aromatic nitrogens is 4. The third-order valence-electron chi connectivity index (χ3n) is 4.70. The fraction of sp³-hybridized carbons (Fsp3) is 0.238. The highest BCUT2D eigenvalue weighted by Crippen LogP contribution is 2.28. The van der Waals surface area contributed by atoms with Crippen LogP contribution >= 0.6 is 35.2 Å². The van der Waals surface area contributed by atoms with E-state index in [1.54, 1.807) is 7.11 Å². The number of hydrogen-bond acceptors (Lipinski definition) is 4. The number of alkyl halides is 1. The molecule has 0 saturated carbocycles. The Labute approximate surface area is 183 Å². The van der Waals surface area contributed by atoms with Gasteiger partial charge >= 0.3 is 0 Å². The lowest BCUT2D eigenvalue weighted by atomic mass is 10.1. The molecule has 0 amide bonds. The maximum atomic E-state index is 5.27. The molecule has 2 heterocycles. The summed E-state index contributed by atoms with van der Waals surface area (Å²) in [6.07, 6.45) is 2.79. The number of benzene rings is 2. The predicted octanol–water partition coefficient (Wildman–Crippen LogP) is 4.80. The van der Waals surface area contributed by atoms with Crippen molar-refractivity contribution in [1.82, 2.24) is 19.6 Å².